The molecule has 2 rings (SSSR count). The summed E-state index contributed by atoms with van der Waals surface area (Å²) in [6.07, 6.45) is -0.551. The number of hydrogen-bond acceptors (Lipinski definition) is 5. The molecule has 1 heterocycles. The number of amides is 1. The fourth-order valence-electron chi connectivity index (χ4n) is 3.28. The van der Waals surface area contributed by atoms with Crippen molar-refractivity contribution in [3.8, 4) is 5.75 Å². The average Bonchev–Trinajstić information content (AvgIpc) is 2.72. The molecule has 1 aliphatic rings. The van der Waals surface area contributed by atoms with E-state index in [9.17, 15) is 9.90 Å². The van der Waals surface area contributed by atoms with Gasteiger partial charge in [-0.25, -0.2) is 0 Å². The zero-order chi connectivity index (χ0) is 21.9. The van der Waals surface area contributed by atoms with Gasteiger partial charge in [-0.3, -0.25) is 14.7 Å². The largest absolute Gasteiger partial charge is 0.491 e. The third-order valence-electron chi connectivity index (χ3n) is 4.94. The van der Waals surface area contributed by atoms with Crippen LogP contribution in [-0.4, -0.2) is 85.2 Å². The molecule has 0 bridgehead atoms. The molecule has 0 spiro atoms. The van der Waals surface area contributed by atoms with Gasteiger partial charge in [0.15, 0.2) is 5.96 Å². The number of rotatable bonds is 9. The molecule has 1 aromatic carbocycles. The van der Waals surface area contributed by atoms with Crippen LogP contribution in [0.4, 0.5) is 0 Å². The minimum absolute atomic E-state index is 0.122. The molecule has 1 unspecified atom stereocenters. The van der Waals surface area contributed by atoms with Gasteiger partial charge in [0.25, 0.3) is 0 Å². The fraction of sp³-hybridized carbons (Fsp3) is 0.636. The summed E-state index contributed by atoms with van der Waals surface area (Å²) in [4.78, 5) is 20.2. The van der Waals surface area contributed by atoms with Gasteiger partial charge in [0.1, 0.15) is 5.75 Å². The summed E-state index contributed by atoms with van der Waals surface area (Å²) < 4.78 is 5.64. The molecule has 0 aliphatic carbocycles. The molecule has 1 fully saturated rings. The number of nitrogens with zero attached hydrogens (tertiary/aromatic N) is 3. The van der Waals surface area contributed by atoms with E-state index in [4.69, 9.17) is 4.74 Å². The van der Waals surface area contributed by atoms with E-state index in [1.807, 2.05) is 49.9 Å². The Morgan fingerprint density at radius 2 is 1.83 bits per heavy atom. The highest BCUT2D eigenvalue weighted by Crippen LogP contribution is 2.19. The fourth-order valence-corrected chi connectivity index (χ4v) is 3.28. The number of guanidine groups is 1. The van der Waals surface area contributed by atoms with Crippen LogP contribution >= 0.6 is 0 Å². The first-order chi connectivity index (χ1) is 14.4. The first-order valence-electron chi connectivity index (χ1n) is 10.8. The highest BCUT2D eigenvalue weighted by Gasteiger charge is 2.18. The topological polar surface area (TPSA) is 89.4 Å². The van der Waals surface area contributed by atoms with Gasteiger partial charge < -0.3 is 25.4 Å². The molecule has 3 N–H and O–H groups in total. The number of hydrogen-bond donors (Lipinski definition) is 3. The third kappa shape index (κ3) is 8.20. The minimum atomic E-state index is -0.673. The van der Waals surface area contributed by atoms with Crippen molar-refractivity contribution in [2.45, 2.75) is 39.9 Å². The number of benzene rings is 1. The molecule has 1 amide bonds. The van der Waals surface area contributed by atoms with E-state index < -0.39 is 6.10 Å². The van der Waals surface area contributed by atoms with Crippen LogP contribution in [0.15, 0.2) is 29.3 Å². The zero-order valence-electron chi connectivity index (χ0n) is 18.7. The van der Waals surface area contributed by atoms with Crippen molar-refractivity contribution in [2.75, 3.05) is 52.4 Å². The Hall–Kier alpha value is -2.32. The first-order valence-corrected chi connectivity index (χ1v) is 10.8. The van der Waals surface area contributed by atoms with Gasteiger partial charge in [-0.2, -0.15) is 0 Å². The molecule has 1 atom stereocenters. The van der Waals surface area contributed by atoms with Crippen LogP contribution in [-0.2, 0) is 4.79 Å². The first kappa shape index (κ1) is 24.0. The van der Waals surface area contributed by atoms with E-state index in [1.165, 1.54) is 0 Å². The molecular formula is C22H37N5O3. The van der Waals surface area contributed by atoms with Crippen molar-refractivity contribution in [1.29, 1.82) is 0 Å². The maximum atomic E-state index is 11.4. The molecule has 1 saturated heterocycles. The van der Waals surface area contributed by atoms with Crippen molar-refractivity contribution in [3.63, 3.8) is 0 Å². The van der Waals surface area contributed by atoms with E-state index >= 15 is 0 Å². The predicted octanol–water partition coefficient (Wildman–Crippen LogP) is 1.23. The van der Waals surface area contributed by atoms with Gasteiger partial charge >= 0.3 is 0 Å². The van der Waals surface area contributed by atoms with E-state index in [2.05, 4.69) is 20.5 Å². The SMILES string of the molecule is CCNC(=NCC(O)c1ccc(OC(C)C)cc1)NCCN1CCN(C(C)=O)CC1. The summed E-state index contributed by atoms with van der Waals surface area (Å²) in [5, 5.41) is 17.0. The van der Waals surface area contributed by atoms with Crippen LogP contribution in [0.2, 0.25) is 0 Å². The van der Waals surface area contributed by atoms with E-state index in [0.717, 1.165) is 57.1 Å². The molecule has 0 aromatic heterocycles. The Balaban J connectivity index is 1.78. The van der Waals surface area contributed by atoms with Crippen molar-refractivity contribution in [2.24, 2.45) is 4.99 Å². The van der Waals surface area contributed by atoms with Gasteiger partial charge in [0, 0.05) is 52.7 Å². The molecule has 8 nitrogen and oxygen atoms in total. The smallest absolute Gasteiger partial charge is 0.219 e. The number of aliphatic hydroxyl groups excluding tert-OH is 1. The van der Waals surface area contributed by atoms with Gasteiger partial charge in [-0.1, -0.05) is 12.1 Å². The molecule has 168 valence electrons. The van der Waals surface area contributed by atoms with Crippen LogP contribution in [0.25, 0.3) is 0 Å². The maximum Gasteiger partial charge on any atom is 0.219 e. The second-order valence-corrected chi connectivity index (χ2v) is 7.75. The van der Waals surface area contributed by atoms with Gasteiger partial charge in [0.2, 0.25) is 5.91 Å². The molecule has 1 aliphatic heterocycles. The lowest BCUT2D eigenvalue weighted by atomic mass is 10.1. The number of aliphatic imine (C=N–C) groups is 1. The van der Waals surface area contributed by atoms with Crippen molar-refractivity contribution >= 4 is 11.9 Å². The van der Waals surface area contributed by atoms with E-state index in [1.54, 1.807) is 6.92 Å². The Kier molecular flexibility index (Phi) is 9.89. The lowest BCUT2D eigenvalue weighted by Crippen LogP contribution is -2.50. The normalized spacial score (nSPS) is 16.5. The predicted molar refractivity (Wildman–Crippen MR) is 120 cm³/mol. The molecular weight excluding hydrogens is 382 g/mol. The van der Waals surface area contributed by atoms with Crippen LogP contribution in [0, 0.1) is 0 Å². The molecule has 8 heteroatoms. The quantitative estimate of drug-likeness (QED) is 0.412. The second kappa shape index (κ2) is 12.4. The number of carbonyl (C=O) groups is 1. The lowest BCUT2D eigenvalue weighted by Gasteiger charge is -2.34. The summed E-state index contributed by atoms with van der Waals surface area (Å²) in [6, 6.07) is 7.49. The molecule has 0 saturated carbocycles. The standard InChI is InChI=1S/C22H37N5O3/c1-5-23-22(24-10-11-26-12-14-27(15-13-26)18(4)28)25-16-21(29)19-6-8-20(9-7-19)30-17(2)3/h6-9,17,21,29H,5,10-16H2,1-4H3,(H2,23,24,25). The summed E-state index contributed by atoms with van der Waals surface area (Å²) >= 11 is 0. The lowest BCUT2D eigenvalue weighted by molar-refractivity contribution is -0.130. The van der Waals surface area contributed by atoms with Crippen LogP contribution in [0.1, 0.15) is 39.4 Å². The monoisotopic (exact) mass is 419 g/mol. The molecule has 0 radical (unpaired) electrons. The summed E-state index contributed by atoms with van der Waals surface area (Å²) in [5.74, 6) is 1.64. The Bertz CT molecular complexity index is 670. The number of carbonyl (C=O) groups excluding carboxylic acids is 1. The third-order valence-corrected chi connectivity index (χ3v) is 4.94. The number of ether oxygens (including phenoxy) is 1. The number of aliphatic hydroxyl groups is 1. The Morgan fingerprint density at radius 3 is 2.40 bits per heavy atom. The number of piperazine rings is 1. The number of nitrogens with one attached hydrogen (secondary N) is 2. The Labute approximate surface area is 180 Å². The van der Waals surface area contributed by atoms with Crippen molar-refractivity contribution < 1.29 is 14.6 Å². The van der Waals surface area contributed by atoms with Crippen molar-refractivity contribution in [1.82, 2.24) is 20.4 Å². The highest BCUT2D eigenvalue weighted by molar-refractivity contribution is 5.79. The summed E-state index contributed by atoms with van der Waals surface area (Å²) in [5.41, 5.74) is 0.814. The summed E-state index contributed by atoms with van der Waals surface area (Å²) in [7, 11) is 0. The highest BCUT2D eigenvalue weighted by atomic mass is 16.5. The zero-order valence-corrected chi connectivity index (χ0v) is 18.7. The van der Waals surface area contributed by atoms with Gasteiger partial charge in [-0.05, 0) is 38.5 Å². The van der Waals surface area contributed by atoms with Crippen LogP contribution in [0.5, 0.6) is 5.75 Å². The average molecular weight is 420 g/mol. The second-order valence-electron chi connectivity index (χ2n) is 7.75. The Morgan fingerprint density at radius 1 is 1.17 bits per heavy atom. The molecule has 1 aromatic rings. The van der Waals surface area contributed by atoms with E-state index in [0.29, 0.717) is 5.96 Å². The van der Waals surface area contributed by atoms with Crippen LogP contribution in [0.3, 0.4) is 0 Å². The van der Waals surface area contributed by atoms with Gasteiger partial charge in [-0.15, -0.1) is 0 Å². The minimum Gasteiger partial charge on any atom is -0.491 e. The maximum absolute atomic E-state index is 11.4. The van der Waals surface area contributed by atoms with Crippen molar-refractivity contribution in [3.05, 3.63) is 29.8 Å². The van der Waals surface area contributed by atoms with Crippen LogP contribution < -0.4 is 15.4 Å². The molecule has 30 heavy (non-hydrogen) atoms. The van der Waals surface area contributed by atoms with E-state index in [-0.39, 0.29) is 18.6 Å². The van der Waals surface area contributed by atoms with Gasteiger partial charge in [0.05, 0.1) is 18.8 Å². The summed E-state index contributed by atoms with van der Waals surface area (Å²) in [6.45, 7) is 13.6.